The smallest absolute Gasteiger partial charge is 0.142 e. The quantitative estimate of drug-likeness (QED) is 0.425. The molecule has 1 aliphatic rings. The Balaban J connectivity index is 2.25. The van der Waals surface area contributed by atoms with Crippen molar-refractivity contribution in [2.24, 2.45) is 5.92 Å². The van der Waals surface area contributed by atoms with E-state index in [0.29, 0.717) is 5.92 Å². The molecular weight excluding hydrogens is 128 g/mol. The highest BCUT2D eigenvalue weighted by molar-refractivity contribution is 5.64. The Kier molecular flexibility index (Phi) is 3.16. The molecule has 0 spiro atoms. The maximum absolute atomic E-state index is 9.93. The van der Waals surface area contributed by atoms with Gasteiger partial charge in [0.15, 0.2) is 0 Å². The SMILES string of the molecule is O=CC=CC1CCOCC1. The lowest BCUT2D eigenvalue weighted by Crippen LogP contribution is -2.13. The summed E-state index contributed by atoms with van der Waals surface area (Å²) < 4.78 is 5.16. The fraction of sp³-hybridized carbons (Fsp3) is 0.625. The molecule has 0 aliphatic carbocycles. The topological polar surface area (TPSA) is 26.3 Å². The lowest BCUT2D eigenvalue weighted by atomic mass is 10.0. The van der Waals surface area contributed by atoms with Crippen LogP contribution in [-0.4, -0.2) is 19.5 Å². The van der Waals surface area contributed by atoms with E-state index in [2.05, 4.69) is 0 Å². The van der Waals surface area contributed by atoms with E-state index in [0.717, 1.165) is 32.3 Å². The van der Waals surface area contributed by atoms with Gasteiger partial charge in [-0.05, 0) is 24.8 Å². The molecule has 1 fully saturated rings. The maximum Gasteiger partial charge on any atom is 0.142 e. The zero-order valence-electron chi connectivity index (χ0n) is 5.95. The second kappa shape index (κ2) is 4.23. The number of carbonyl (C=O) groups is 1. The van der Waals surface area contributed by atoms with Crippen LogP contribution in [0, 0.1) is 5.92 Å². The molecule has 0 bridgehead atoms. The van der Waals surface area contributed by atoms with Crippen molar-refractivity contribution in [1.82, 2.24) is 0 Å². The van der Waals surface area contributed by atoms with Crippen molar-refractivity contribution in [3.05, 3.63) is 12.2 Å². The molecule has 2 nitrogen and oxygen atoms in total. The minimum atomic E-state index is 0.568. The van der Waals surface area contributed by atoms with Gasteiger partial charge in [-0.25, -0.2) is 0 Å². The summed E-state index contributed by atoms with van der Waals surface area (Å²) in [5, 5.41) is 0. The van der Waals surface area contributed by atoms with Gasteiger partial charge in [0.1, 0.15) is 6.29 Å². The highest BCUT2D eigenvalue weighted by atomic mass is 16.5. The van der Waals surface area contributed by atoms with Gasteiger partial charge in [-0.15, -0.1) is 0 Å². The Morgan fingerprint density at radius 3 is 2.60 bits per heavy atom. The van der Waals surface area contributed by atoms with Crippen molar-refractivity contribution >= 4 is 6.29 Å². The predicted octanol–water partition coefficient (Wildman–Crippen LogP) is 1.17. The van der Waals surface area contributed by atoms with E-state index in [1.807, 2.05) is 6.08 Å². The molecule has 1 saturated heterocycles. The van der Waals surface area contributed by atoms with Crippen LogP contribution in [-0.2, 0) is 9.53 Å². The van der Waals surface area contributed by atoms with Gasteiger partial charge in [-0.3, -0.25) is 4.79 Å². The second-order valence-electron chi connectivity index (χ2n) is 2.47. The zero-order valence-corrected chi connectivity index (χ0v) is 5.95. The van der Waals surface area contributed by atoms with Crippen LogP contribution >= 0.6 is 0 Å². The molecule has 1 aliphatic heterocycles. The summed E-state index contributed by atoms with van der Waals surface area (Å²) in [4.78, 5) is 9.93. The summed E-state index contributed by atoms with van der Waals surface area (Å²) in [7, 11) is 0. The van der Waals surface area contributed by atoms with Gasteiger partial charge in [0.25, 0.3) is 0 Å². The van der Waals surface area contributed by atoms with Gasteiger partial charge < -0.3 is 4.74 Å². The van der Waals surface area contributed by atoms with Crippen molar-refractivity contribution in [2.75, 3.05) is 13.2 Å². The van der Waals surface area contributed by atoms with Gasteiger partial charge in [0, 0.05) is 13.2 Å². The van der Waals surface area contributed by atoms with Crippen molar-refractivity contribution in [3.63, 3.8) is 0 Å². The fourth-order valence-corrected chi connectivity index (χ4v) is 1.11. The average molecular weight is 140 g/mol. The van der Waals surface area contributed by atoms with Crippen LogP contribution in [0.2, 0.25) is 0 Å². The third-order valence-corrected chi connectivity index (χ3v) is 1.73. The Morgan fingerprint density at radius 2 is 2.00 bits per heavy atom. The van der Waals surface area contributed by atoms with Gasteiger partial charge in [0.05, 0.1) is 0 Å². The van der Waals surface area contributed by atoms with E-state index in [4.69, 9.17) is 4.74 Å². The molecule has 1 heterocycles. The fourth-order valence-electron chi connectivity index (χ4n) is 1.11. The number of allylic oxidation sites excluding steroid dienone is 2. The van der Waals surface area contributed by atoms with Crippen molar-refractivity contribution in [2.45, 2.75) is 12.8 Å². The third kappa shape index (κ3) is 2.31. The minimum Gasteiger partial charge on any atom is -0.381 e. The molecule has 0 aromatic heterocycles. The lowest BCUT2D eigenvalue weighted by molar-refractivity contribution is -0.104. The third-order valence-electron chi connectivity index (χ3n) is 1.73. The van der Waals surface area contributed by atoms with Crippen LogP contribution in [0.1, 0.15) is 12.8 Å². The molecular formula is C8H12O2. The number of ether oxygens (including phenoxy) is 1. The average Bonchev–Trinajstić information content (AvgIpc) is 2.03. The van der Waals surface area contributed by atoms with E-state index < -0.39 is 0 Å². The number of rotatable bonds is 2. The van der Waals surface area contributed by atoms with Crippen LogP contribution < -0.4 is 0 Å². The normalized spacial score (nSPS) is 21.6. The van der Waals surface area contributed by atoms with Crippen LogP contribution in [0.3, 0.4) is 0 Å². The van der Waals surface area contributed by atoms with Gasteiger partial charge >= 0.3 is 0 Å². The first kappa shape index (κ1) is 7.48. The second-order valence-corrected chi connectivity index (χ2v) is 2.47. The minimum absolute atomic E-state index is 0.568. The molecule has 0 amide bonds. The van der Waals surface area contributed by atoms with Crippen molar-refractivity contribution in [1.29, 1.82) is 0 Å². The van der Waals surface area contributed by atoms with Crippen LogP contribution in [0.5, 0.6) is 0 Å². The molecule has 2 heteroatoms. The van der Waals surface area contributed by atoms with E-state index >= 15 is 0 Å². The van der Waals surface area contributed by atoms with Gasteiger partial charge in [-0.1, -0.05) is 6.08 Å². The Hall–Kier alpha value is -0.630. The van der Waals surface area contributed by atoms with E-state index in [9.17, 15) is 4.79 Å². The van der Waals surface area contributed by atoms with Gasteiger partial charge in [0.2, 0.25) is 0 Å². The van der Waals surface area contributed by atoms with E-state index in [-0.39, 0.29) is 0 Å². The van der Waals surface area contributed by atoms with E-state index in [1.54, 1.807) is 6.08 Å². The first-order valence-corrected chi connectivity index (χ1v) is 3.63. The van der Waals surface area contributed by atoms with Crippen molar-refractivity contribution in [3.8, 4) is 0 Å². The Bertz CT molecular complexity index is 123. The summed E-state index contributed by atoms with van der Waals surface area (Å²) in [5.74, 6) is 0.568. The molecule has 0 saturated carbocycles. The Morgan fingerprint density at radius 1 is 1.30 bits per heavy atom. The summed E-state index contributed by atoms with van der Waals surface area (Å²) in [6, 6.07) is 0. The largest absolute Gasteiger partial charge is 0.381 e. The summed E-state index contributed by atoms with van der Waals surface area (Å²) in [6.07, 6.45) is 6.50. The standard InChI is InChI=1S/C8H12O2/c9-5-1-2-8-3-6-10-7-4-8/h1-2,5,8H,3-4,6-7H2. The van der Waals surface area contributed by atoms with Crippen molar-refractivity contribution < 1.29 is 9.53 Å². The summed E-state index contributed by atoms with van der Waals surface area (Å²) in [6.45, 7) is 1.68. The number of aldehydes is 1. The zero-order chi connectivity index (χ0) is 7.23. The molecule has 0 unspecified atom stereocenters. The summed E-state index contributed by atoms with van der Waals surface area (Å²) in [5.41, 5.74) is 0. The Labute approximate surface area is 60.9 Å². The number of hydrogen-bond acceptors (Lipinski definition) is 2. The molecule has 0 N–H and O–H groups in total. The first-order chi connectivity index (χ1) is 4.93. The number of hydrogen-bond donors (Lipinski definition) is 0. The molecule has 0 aromatic rings. The summed E-state index contributed by atoms with van der Waals surface area (Å²) >= 11 is 0. The molecule has 1 rings (SSSR count). The molecule has 0 aromatic carbocycles. The first-order valence-electron chi connectivity index (χ1n) is 3.63. The lowest BCUT2D eigenvalue weighted by Gasteiger charge is -2.17. The van der Waals surface area contributed by atoms with E-state index in [1.165, 1.54) is 0 Å². The van der Waals surface area contributed by atoms with Crippen LogP contribution in [0.15, 0.2) is 12.2 Å². The molecule has 0 radical (unpaired) electrons. The van der Waals surface area contributed by atoms with Gasteiger partial charge in [-0.2, -0.15) is 0 Å². The molecule has 56 valence electrons. The highest BCUT2D eigenvalue weighted by Gasteiger charge is 2.09. The highest BCUT2D eigenvalue weighted by Crippen LogP contribution is 2.14. The molecule has 0 atom stereocenters. The van der Waals surface area contributed by atoms with Crippen LogP contribution in [0.25, 0.3) is 0 Å². The molecule has 10 heavy (non-hydrogen) atoms. The maximum atomic E-state index is 9.93. The monoisotopic (exact) mass is 140 g/mol. The predicted molar refractivity (Wildman–Crippen MR) is 38.7 cm³/mol. The number of carbonyl (C=O) groups excluding carboxylic acids is 1. The van der Waals surface area contributed by atoms with Crippen LogP contribution in [0.4, 0.5) is 0 Å².